The number of nitrogens with two attached hydrogens (primary N) is 1. The molecule has 0 spiro atoms. The normalized spacial score (nSPS) is 10.5. The highest BCUT2D eigenvalue weighted by molar-refractivity contribution is 5.80. The number of carbonyl (C=O) groups excluding carboxylic acids is 2. The molecule has 0 saturated heterocycles. The molecule has 0 fully saturated rings. The molecule has 0 amide bonds. The Hall–Kier alpha value is -0.980. The second-order valence-corrected chi connectivity index (χ2v) is 3.45. The minimum Gasteiger partial charge on any atom is -0.465 e. The third kappa shape index (κ3) is 8.34. The summed E-state index contributed by atoms with van der Waals surface area (Å²) in [6.07, 6.45) is 1.55. The van der Waals surface area contributed by atoms with Crippen molar-refractivity contribution < 1.29 is 19.5 Å². The van der Waals surface area contributed by atoms with Gasteiger partial charge in [-0.05, 0) is 12.8 Å². The number of nitrogens with zero attached hydrogens (tertiary/aromatic N) is 1. The Morgan fingerprint density at radius 3 is 2.69 bits per heavy atom. The van der Waals surface area contributed by atoms with E-state index in [0.29, 0.717) is 19.4 Å². The molecule has 0 unspecified atom stereocenters. The first-order chi connectivity index (χ1) is 7.60. The molecular formula is C10H20N2O4. The number of ketones is 1. The number of ether oxygens (including phenoxy) is 1. The first-order valence-electron chi connectivity index (χ1n) is 5.41. The molecule has 0 aromatic carbocycles. The van der Waals surface area contributed by atoms with Crippen molar-refractivity contribution >= 4 is 11.8 Å². The van der Waals surface area contributed by atoms with Crippen LogP contribution in [-0.4, -0.2) is 48.3 Å². The van der Waals surface area contributed by atoms with Gasteiger partial charge in [0.25, 0.3) is 0 Å². The first kappa shape index (κ1) is 15.0. The lowest BCUT2D eigenvalue weighted by Gasteiger charge is -2.12. The maximum absolute atomic E-state index is 11.1. The van der Waals surface area contributed by atoms with Gasteiger partial charge in [0.1, 0.15) is 12.3 Å². The van der Waals surface area contributed by atoms with E-state index in [2.05, 4.69) is 0 Å². The molecule has 94 valence electrons. The van der Waals surface area contributed by atoms with E-state index in [-0.39, 0.29) is 25.5 Å². The summed E-state index contributed by atoms with van der Waals surface area (Å²) >= 11 is 0. The van der Waals surface area contributed by atoms with Crippen molar-refractivity contribution in [1.29, 1.82) is 0 Å². The Kier molecular flexibility index (Phi) is 8.69. The van der Waals surface area contributed by atoms with Crippen molar-refractivity contribution in [3.63, 3.8) is 0 Å². The van der Waals surface area contributed by atoms with Crippen molar-refractivity contribution in [1.82, 2.24) is 5.06 Å². The van der Waals surface area contributed by atoms with Crippen LogP contribution in [0.25, 0.3) is 0 Å². The number of hydrogen-bond donors (Lipinski definition) is 2. The van der Waals surface area contributed by atoms with Gasteiger partial charge in [0.15, 0.2) is 0 Å². The number of carbonyl (C=O) groups is 2. The number of hydrogen-bond acceptors (Lipinski definition) is 6. The van der Waals surface area contributed by atoms with Crippen LogP contribution in [0.1, 0.15) is 26.2 Å². The van der Waals surface area contributed by atoms with Crippen molar-refractivity contribution in [3.05, 3.63) is 0 Å². The minimum absolute atomic E-state index is 0.0227. The summed E-state index contributed by atoms with van der Waals surface area (Å²) in [6.45, 7) is 2.39. The summed E-state index contributed by atoms with van der Waals surface area (Å²) in [5, 5.41) is 10.1. The zero-order chi connectivity index (χ0) is 12.4. The Labute approximate surface area is 95.3 Å². The van der Waals surface area contributed by atoms with Gasteiger partial charge in [0.2, 0.25) is 0 Å². The van der Waals surface area contributed by atoms with Crippen LogP contribution in [0.5, 0.6) is 0 Å². The number of Topliss-reactive ketones (excluding diaryl/α,β-unsaturated/α-hetero) is 1. The third-order valence-electron chi connectivity index (χ3n) is 1.88. The summed E-state index contributed by atoms with van der Waals surface area (Å²) in [4.78, 5) is 21.9. The molecule has 0 aliphatic rings. The number of rotatable bonds is 9. The lowest BCUT2D eigenvalue weighted by molar-refractivity contribution is -0.159. The zero-order valence-corrected chi connectivity index (χ0v) is 9.65. The summed E-state index contributed by atoms with van der Waals surface area (Å²) in [7, 11) is 0. The van der Waals surface area contributed by atoms with Crippen molar-refractivity contribution in [2.75, 3.05) is 26.2 Å². The zero-order valence-electron chi connectivity index (χ0n) is 9.65. The van der Waals surface area contributed by atoms with Gasteiger partial charge in [0.05, 0.1) is 13.2 Å². The average molecular weight is 232 g/mol. The van der Waals surface area contributed by atoms with Crippen molar-refractivity contribution in [3.8, 4) is 0 Å². The van der Waals surface area contributed by atoms with Gasteiger partial charge in [-0.15, -0.1) is 0 Å². The topological polar surface area (TPSA) is 92.9 Å². The minimum atomic E-state index is -0.490. The highest BCUT2D eigenvalue weighted by atomic mass is 16.5. The molecule has 0 aliphatic carbocycles. The molecule has 0 saturated carbocycles. The lowest BCUT2D eigenvalue weighted by atomic mass is 10.2. The van der Waals surface area contributed by atoms with Crippen LogP contribution >= 0.6 is 0 Å². The maximum atomic E-state index is 11.1. The second kappa shape index (κ2) is 9.26. The first-order valence-corrected chi connectivity index (χ1v) is 5.41. The van der Waals surface area contributed by atoms with Crippen molar-refractivity contribution in [2.45, 2.75) is 26.2 Å². The molecular weight excluding hydrogens is 212 g/mol. The Morgan fingerprint density at radius 2 is 2.12 bits per heavy atom. The van der Waals surface area contributed by atoms with Gasteiger partial charge in [-0.3, -0.25) is 9.59 Å². The maximum Gasteiger partial charge on any atom is 0.322 e. The summed E-state index contributed by atoms with van der Waals surface area (Å²) in [6, 6.07) is 0. The second-order valence-electron chi connectivity index (χ2n) is 3.45. The van der Waals surface area contributed by atoms with Crippen LogP contribution in [0.15, 0.2) is 0 Å². The van der Waals surface area contributed by atoms with E-state index in [9.17, 15) is 9.59 Å². The van der Waals surface area contributed by atoms with Crippen LogP contribution in [0.4, 0.5) is 0 Å². The predicted octanol–water partition coefficient (Wildman–Crippen LogP) is -0.0612. The van der Waals surface area contributed by atoms with Gasteiger partial charge < -0.3 is 15.7 Å². The van der Waals surface area contributed by atoms with E-state index in [1.807, 2.05) is 6.92 Å². The molecule has 16 heavy (non-hydrogen) atoms. The molecule has 0 atom stereocenters. The molecule has 0 aliphatic heterocycles. The Bertz CT molecular complexity index is 221. The highest BCUT2D eigenvalue weighted by Gasteiger charge is 2.08. The molecule has 0 rings (SSSR count). The van der Waals surface area contributed by atoms with E-state index < -0.39 is 5.97 Å². The molecule has 0 aromatic heterocycles. The predicted molar refractivity (Wildman–Crippen MR) is 57.9 cm³/mol. The molecule has 3 N–H and O–H groups in total. The van der Waals surface area contributed by atoms with Gasteiger partial charge in [-0.2, -0.15) is 5.06 Å². The summed E-state index contributed by atoms with van der Waals surface area (Å²) < 4.78 is 4.82. The largest absolute Gasteiger partial charge is 0.465 e. The number of esters is 1. The van der Waals surface area contributed by atoms with Crippen LogP contribution in [0, 0.1) is 0 Å². The average Bonchev–Trinajstić information content (AvgIpc) is 2.24. The van der Waals surface area contributed by atoms with Crippen LogP contribution < -0.4 is 5.73 Å². The Morgan fingerprint density at radius 1 is 1.44 bits per heavy atom. The van der Waals surface area contributed by atoms with Crippen LogP contribution in [0.3, 0.4) is 0 Å². The monoisotopic (exact) mass is 232 g/mol. The summed E-state index contributed by atoms with van der Waals surface area (Å²) in [5.74, 6) is -0.540. The SMILES string of the molecule is CCCN(O)CC(=O)OCCCC(=O)CN. The van der Waals surface area contributed by atoms with Gasteiger partial charge in [-0.1, -0.05) is 6.92 Å². The fourth-order valence-corrected chi connectivity index (χ4v) is 1.09. The summed E-state index contributed by atoms with van der Waals surface area (Å²) in [5.41, 5.74) is 5.12. The smallest absolute Gasteiger partial charge is 0.322 e. The van der Waals surface area contributed by atoms with Crippen LogP contribution in [0.2, 0.25) is 0 Å². The molecule has 0 radical (unpaired) electrons. The van der Waals surface area contributed by atoms with E-state index in [1.165, 1.54) is 0 Å². The quantitative estimate of drug-likeness (QED) is 0.328. The highest BCUT2D eigenvalue weighted by Crippen LogP contribution is 1.93. The van der Waals surface area contributed by atoms with E-state index in [4.69, 9.17) is 15.7 Å². The van der Waals surface area contributed by atoms with Crippen molar-refractivity contribution in [2.24, 2.45) is 5.73 Å². The van der Waals surface area contributed by atoms with Gasteiger partial charge in [0, 0.05) is 13.0 Å². The molecule has 6 nitrogen and oxygen atoms in total. The molecule has 6 heteroatoms. The fraction of sp³-hybridized carbons (Fsp3) is 0.800. The molecule has 0 heterocycles. The Balaban J connectivity index is 3.47. The molecule has 0 bridgehead atoms. The van der Waals surface area contributed by atoms with Gasteiger partial charge in [-0.25, -0.2) is 0 Å². The van der Waals surface area contributed by atoms with E-state index >= 15 is 0 Å². The van der Waals surface area contributed by atoms with E-state index in [1.54, 1.807) is 0 Å². The van der Waals surface area contributed by atoms with Crippen LogP contribution in [-0.2, 0) is 14.3 Å². The third-order valence-corrected chi connectivity index (χ3v) is 1.88. The molecule has 0 aromatic rings. The number of hydroxylamine groups is 2. The van der Waals surface area contributed by atoms with E-state index in [0.717, 1.165) is 11.5 Å². The standard InChI is InChI=1S/C10H20N2O4/c1-2-5-12(15)8-10(14)16-6-3-4-9(13)7-11/h15H,2-8,11H2,1H3. The lowest BCUT2D eigenvalue weighted by Crippen LogP contribution is -2.28. The fourth-order valence-electron chi connectivity index (χ4n) is 1.09. The van der Waals surface area contributed by atoms with Gasteiger partial charge >= 0.3 is 5.97 Å².